The summed E-state index contributed by atoms with van der Waals surface area (Å²) in [5.74, 6) is 0. The molecule has 1 aromatic rings. The van der Waals surface area contributed by atoms with Crippen LogP contribution < -0.4 is 10.6 Å². The number of nitrogens with one attached hydrogen (secondary N) is 2. The van der Waals surface area contributed by atoms with Crippen LogP contribution in [0.5, 0.6) is 0 Å². The Balaban J connectivity index is 1.70. The fraction of sp³-hybridized carbons (Fsp3) is 0.533. The zero-order valence-electron chi connectivity index (χ0n) is 11.2. The third-order valence-corrected chi connectivity index (χ3v) is 3.42. The van der Waals surface area contributed by atoms with Crippen molar-refractivity contribution in [3.8, 4) is 0 Å². The predicted octanol–water partition coefficient (Wildman–Crippen LogP) is 1.84. The summed E-state index contributed by atoms with van der Waals surface area (Å²) in [5.41, 5.74) is 2.35. The molecule has 0 aliphatic carbocycles. The number of hydrogen-bond acceptors (Lipinski definition) is 3. The molecule has 0 unspecified atom stereocenters. The number of aliphatic imine (C=N–C) groups is 1. The molecule has 1 aromatic carbocycles. The molecule has 18 heavy (non-hydrogen) atoms. The second-order valence-electron chi connectivity index (χ2n) is 4.81. The highest BCUT2D eigenvalue weighted by molar-refractivity contribution is 5.98. The SMILES string of the molecule is C/C(=N\CCNC1CCNCC1)c1ccccc1. The van der Waals surface area contributed by atoms with Crippen molar-refractivity contribution >= 4 is 5.71 Å². The molecule has 2 N–H and O–H groups in total. The molecule has 2 rings (SSSR count). The third-order valence-electron chi connectivity index (χ3n) is 3.42. The first-order chi connectivity index (χ1) is 8.86. The Kier molecular flexibility index (Phi) is 5.36. The summed E-state index contributed by atoms with van der Waals surface area (Å²) in [6.45, 7) is 6.22. The van der Waals surface area contributed by atoms with E-state index >= 15 is 0 Å². The van der Waals surface area contributed by atoms with E-state index in [0.29, 0.717) is 6.04 Å². The number of hydrogen-bond donors (Lipinski definition) is 2. The van der Waals surface area contributed by atoms with Crippen molar-refractivity contribution < 1.29 is 0 Å². The molecule has 98 valence electrons. The second-order valence-corrected chi connectivity index (χ2v) is 4.81. The van der Waals surface area contributed by atoms with E-state index < -0.39 is 0 Å². The molecular formula is C15H23N3. The van der Waals surface area contributed by atoms with Gasteiger partial charge >= 0.3 is 0 Å². The maximum atomic E-state index is 4.62. The lowest BCUT2D eigenvalue weighted by Crippen LogP contribution is -2.40. The third kappa shape index (κ3) is 4.24. The van der Waals surface area contributed by atoms with Crippen molar-refractivity contribution in [2.45, 2.75) is 25.8 Å². The molecule has 3 heteroatoms. The van der Waals surface area contributed by atoms with Gasteiger partial charge in [-0.2, -0.15) is 0 Å². The van der Waals surface area contributed by atoms with Crippen molar-refractivity contribution in [2.75, 3.05) is 26.2 Å². The first-order valence-corrected chi connectivity index (χ1v) is 6.87. The summed E-state index contributed by atoms with van der Waals surface area (Å²) in [4.78, 5) is 4.62. The maximum Gasteiger partial charge on any atom is 0.0517 e. The van der Waals surface area contributed by atoms with Gasteiger partial charge in [-0.05, 0) is 38.4 Å². The van der Waals surface area contributed by atoms with Gasteiger partial charge in [0.15, 0.2) is 0 Å². The monoisotopic (exact) mass is 245 g/mol. The van der Waals surface area contributed by atoms with Gasteiger partial charge in [-0.15, -0.1) is 0 Å². The number of piperidine rings is 1. The lowest BCUT2D eigenvalue weighted by atomic mass is 10.1. The normalized spacial score (nSPS) is 17.9. The summed E-state index contributed by atoms with van der Waals surface area (Å²) < 4.78 is 0. The highest BCUT2D eigenvalue weighted by Gasteiger charge is 2.10. The highest BCUT2D eigenvalue weighted by atomic mass is 15.0. The number of nitrogens with zero attached hydrogens (tertiary/aromatic N) is 1. The molecular weight excluding hydrogens is 222 g/mol. The van der Waals surface area contributed by atoms with Crippen LogP contribution in [-0.2, 0) is 0 Å². The lowest BCUT2D eigenvalue weighted by Gasteiger charge is -2.23. The molecule has 0 bridgehead atoms. The predicted molar refractivity (Wildman–Crippen MR) is 77.4 cm³/mol. The van der Waals surface area contributed by atoms with Gasteiger partial charge in [0, 0.05) is 18.3 Å². The topological polar surface area (TPSA) is 36.4 Å². The van der Waals surface area contributed by atoms with E-state index in [1.54, 1.807) is 0 Å². The second kappa shape index (κ2) is 7.29. The fourth-order valence-corrected chi connectivity index (χ4v) is 2.29. The Morgan fingerprint density at radius 3 is 2.72 bits per heavy atom. The van der Waals surface area contributed by atoms with Gasteiger partial charge in [0.05, 0.1) is 6.54 Å². The quantitative estimate of drug-likeness (QED) is 0.613. The molecule has 3 nitrogen and oxygen atoms in total. The smallest absolute Gasteiger partial charge is 0.0517 e. The molecule has 0 radical (unpaired) electrons. The van der Waals surface area contributed by atoms with Crippen LogP contribution in [0.25, 0.3) is 0 Å². The van der Waals surface area contributed by atoms with Crippen LogP contribution in [0, 0.1) is 0 Å². The Hall–Kier alpha value is -1.19. The van der Waals surface area contributed by atoms with E-state index in [4.69, 9.17) is 0 Å². The maximum absolute atomic E-state index is 4.62. The Labute approximate surface area is 110 Å². The molecule has 1 saturated heterocycles. The molecule has 1 aliphatic heterocycles. The molecule has 1 heterocycles. The average Bonchev–Trinajstić information content (AvgIpc) is 2.45. The average molecular weight is 245 g/mol. The first kappa shape index (κ1) is 13.2. The molecule has 0 amide bonds. The van der Waals surface area contributed by atoms with E-state index in [-0.39, 0.29) is 0 Å². The van der Waals surface area contributed by atoms with Crippen LogP contribution >= 0.6 is 0 Å². The van der Waals surface area contributed by atoms with Crippen LogP contribution in [0.4, 0.5) is 0 Å². The summed E-state index contributed by atoms with van der Waals surface area (Å²) in [7, 11) is 0. The van der Waals surface area contributed by atoms with Gasteiger partial charge in [-0.1, -0.05) is 30.3 Å². The van der Waals surface area contributed by atoms with Crippen molar-refractivity contribution in [3.63, 3.8) is 0 Å². The van der Waals surface area contributed by atoms with Crippen molar-refractivity contribution in [1.82, 2.24) is 10.6 Å². The minimum absolute atomic E-state index is 0.679. The van der Waals surface area contributed by atoms with Crippen LogP contribution in [0.3, 0.4) is 0 Å². The lowest BCUT2D eigenvalue weighted by molar-refractivity contribution is 0.391. The zero-order valence-corrected chi connectivity index (χ0v) is 11.2. The summed E-state index contributed by atoms with van der Waals surface area (Å²) >= 11 is 0. The highest BCUT2D eigenvalue weighted by Crippen LogP contribution is 2.02. The van der Waals surface area contributed by atoms with Crippen molar-refractivity contribution in [1.29, 1.82) is 0 Å². The van der Waals surface area contributed by atoms with Gasteiger partial charge in [0.1, 0.15) is 0 Å². The van der Waals surface area contributed by atoms with Gasteiger partial charge in [0.2, 0.25) is 0 Å². The summed E-state index contributed by atoms with van der Waals surface area (Å²) in [5, 5.41) is 6.96. The van der Waals surface area contributed by atoms with Gasteiger partial charge in [-0.3, -0.25) is 4.99 Å². The van der Waals surface area contributed by atoms with E-state index in [0.717, 1.165) is 31.9 Å². The Bertz CT molecular complexity index is 367. The molecule has 0 spiro atoms. The minimum atomic E-state index is 0.679. The van der Waals surface area contributed by atoms with Crippen molar-refractivity contribution in [3.05, 3.63) is 35.9 Å². The summed E-state index contributed by atoms with van der Waals surface area (Å²) in [6, 6.07) is 11.1. The Morgan fingerprint density at radius 1 is 1.28 bits per heavy atom. The van der Waals surface area contributed by atoms with E-state index in [1.165, 1.54) is 18.4 Å². The van der Waals surface area contributed by atoms with Gasteiger partial charge in [-0.25, -0.2) is 0 Å². The van der Waals surface area contributed by atoms with Crippen molar-refractivity contribution in [2.24, 2.45) is 4.99 Å². The Morgan fingerprint density at radius 2 is 2.00 bits per heavy atom. The molecule has 0 aromatic heterocycles. The largest absolute Gasteiger partial charge is 0.317 e. The van der Waals surface area contributed by atoms with E-state index in [2.05, 4.69) is 46.8 Å². The molecule has 0 saturated carbocycles. The van der Waals surface area contributed by atoms with E-state index in [9.17, 15) is 0 Å². The zero-order chi connectivity index (χ0) is 12.6. The summed E-state index contributed by atoms with van der Waals surface area (Å²) in [6.07, 6.45) is 2.47. The molecule has 1 aliphatic rings. The van der Waals surface area contributed by atoms with Crippen LogP contribution in [0.2, 0.25) is 0 Å². The number of benzene rings is 1. The molecule has 0 atom stereocenters. The number of rotatable bonds is 5. The first-order valence-electron chi connectivity index (χ1n) is 6.87. The van der Waals surface area contributed by atoms with Crippen LogP contribution in [0.15, 0.2) is 35.3 Å². The van der Waals surface area contributed by atoms with E-state index in [1.807, 2.05) is 6.07 Å². The minimum Gasteiger partial charge on any atom is -0.317 e. The van der Waals surface area contributed by atoms with Crippen LogP contribution in [0.1, 0.15) is 25.3 Å². The van der Waals surface area contributed by atoms with Crippen LogP contribution in [-0.4, -0.2) is 37.9 Å². The van der Waals surface area contributed by atoms with Gasteiger partial charge < -0.3 is 10.6 Å². The fourth-order valence-electron chi connectivity index (χ4n) is 2.29. The molecule has 1 fully saturated rings. The standard InChI is InChI=1S/C15H23N3/c1-13(14-5-3-2-4-6-14)17-11-12-18-15-7-9-16-10-8-15/h2-6,15-16,18H,7-12H2,1H3/b17-13+. The van der Waals surface area contributed by atoms with Gasteiger partial charge in [0.25, 0.3) is 0 Å².